The number of unbranched alkanes of at least 4 members (excludes halogenated alkanes) is 19. The van der Waals surface area contributed by atoms with Gasteiger partial charge in [0.05, 0.1) is 6.10 Å². The molecule has 0 aromatic carbocycles. The van der Waals surface area contributed by atoms with Crippen LogP contribution in [0.15, 0.2) is 36.0 Å². The zero-order chi connectivity index (χ0) is 48.9. The molecule has 0 radical (unpaired) electrons. The second-order valence-corrected chi connectivity index (χ2v) is 23.9. The monoisotopic (exact) mass is 951 g/mol. The third-order valence-corrected chi connectivity index (χ3v) is 18.8. The van der Waals surface area contributed by atoms with Crippen LogP contribution in [0.5, 0.6) is 0 Å². The highest BCUT2D eigenvalue weighted by Gasteiger charge is 2.59. The maximum Gasteiger partial charge on any atom is 0.305 e. The number of hydrogen-bond donors (Lipinski definition) is 3. The zero-order valence-corrected chi connectivity index (χ0v) is 45.0. The van der Waals surface area contributed by atoms with Crippen LogP contribution in [-0.4, -0.2) is 64.7 Å². The van der Waals surface area contributed by atoms with E-state index in [-0.39, 0.29) is 24.1 Å². The summed E-state index contributed by atoms with van der Waals surface area (Å²) in [5.74, 6) is 4.61. The minimum Gasteiger partial charge on any atom is -0.463 e. The lowest BCUT2D eigenvalue weighted by atomic mass is 9.47. The van der Waals surface area contributed by atoms with Crippen molar-refractivity contribution < 1.29 is 34.3 Å². The van der Waals surface area contributed by atoms with E-state index in [4.69, 9.17) is 14.2 Å². The summed E-state index contributed by atoms with van der Waals surface area (Å²) in [5.41, 5.74) is 2.05. The van der Waals surface area contributed by atoms with Gasteiger partial charge < -0.3 is 29.5 Å². The molecule has 14 atom stereocenters. The number of carbonyl (C=O) groups is 1. The van der Waals surface area contributed by atoms with Gasteiger partial charge in [-0.3, -0.25) is 4.79 Å². The fraction of sp³-hybridized carbons (Fsp3) is 0.885. The molecule has 3 N–H and O–H groups in total. The predicted molar refractivity (Wildman–Crippen MR) is 281 cm³/mol. The Balaban J connectivity index is 0.924. The zero-order valence-electron chi connectivity index (χ0n) is 45.0. The van der Waals surface area contributed by atoms with E-state index in [0.717, 1.165) is 62.7 Å². The van der Waals surface area contributed by atoms with Gasteiger partial charge in [-0.15, -0.1) is 0 Å². The summed E-state index contributed by atoms with van der Waals surface area (Å²) in [7, 11) is 0. The number of allylic oxidation sites excluding steroid dienone is 5. The molecule has 0 spiro atoms. The molecule has 0 amide bonds. The highest BCUT2D eigenvalue weighted by Crippen LogP contribution is 2.67. The number of aliphatic hydroxyl groups is 3. The van der Waals surface area contributed by atoms with Crippen molar-refractivity contribution in [3.63, 3.8) is 0 Å². The van der Waals surface area contributed by atoms with Crippen LogP contribution in [0.25, 0.3) is 0 Å². The van der Waals surface area contributed by atoms with E-state index in [1.807, 2.05) is 0 Å². The van der Waals surface area contributed by atoms with Crippen LogP contribution in [-0.2, 0) is 19.0 Å². The number of rotatable bonds is 32. The van der Waals surface area contributed by atoms with E-state index in [9.17, 15) is 20.1 Å². The average Bonchev–Trinajstić information content (AvgIpc) is 3.69. The average molecular weight is 952 g/mol. The lowest BCUT2D eigenvalue weighted by molar-refractivity contribution is -0.313. The Morgan fingerprint density at radius 1 is 0.721 bits per heavy atom. The first-order chi connectivity index (χ1) is 32.8. The van der Waals surface area contributed by atoms with Crippen LogP contribution < -0.4 is 0 Å². The van der Waals surface area contributed by atoms with Crippen molar-refractivity contribution in [1.29, 1.82) is 0 Å². The molecule has 1 saturated heterocycles. The number of ether oxygens (including phenoxy) is 3. The van der Waals surface area contributed by atoms with E-state index in [1.54, 1.807) is 0 Å². The first kappa shape index (κ1) is 57.4. The first-order valence-corrected chi connectivity index (χ1v) is 29.4. The Morgan fingerprint density at radius 3 is 1.93 bits per heavy atom. The third-order valence-electron chi connectivity index (χ3n) is 18.8. The fourth-order valence-electron chi connectivity index (χ4n) is 14.3. The molecular formula is C61H106O7. The van der Waals surface area contributed by atoms with Crippen molar-refractivity contribution in [3.8, 4) is 0 Å². The lowest BCUT2D eigenvalue weighted by Crippen LogP contribution is -2.60. The number of hydrogen-bond acceptors (Lipinski definition) is 7. The summed E-state index contributed by atoms with van der Waals surface area (Å²) in [6.45, 7) is 16.8. The van der Waals surface area contributed by atoms with E-state index in [0.29, 0.717) is 35.5 Å². The third kappa shape index (κ3) is 16.5. The molecule has 4 aliphatic carbocycles. The standard InChI is InChI=1S/C61H106O7/c1-8-10-11-12-13-14-15-16-17-18-19-20-21-22-23-24-25-26-27-28-29-30-31-32-55(62)66-44-54-56(63)57(64)58(65)59(68-54)67-49-39-41-60(6)48(43-49)35-36-50-52-38-37-51(61(52,7)42-40-53(50)60)46(5)33-34-47(9-2)45(3)4/h18-19,33-35,45-47,49-54,56-59,63-65H,8-17,20-32,36-44H2,1-7H3/b19-18-,34-33+. The molecule has 392 valence electrons. The SMILES string of the molecule is CCCCCCCCCC/C=C\CCCCCCCCCCCCCC(=O)OCC1OC(OC2CCC3(C)C(=CCC4C3CCC3(C)C(C(C)/C=C/C(CC)C(C)C)CCC43)C2)C(O)C(O)C1O. The molecule has 14 unspecified atom stereocenters. The van der Waals surface area contributed by atoms with E-state index < -0.39 is 30.7 Å². The van der Waals surface area contributed by atoms with Crippen molar-refractivity contribution in [2.75, 3.05) is 6.61 Å². The summed E-state index contributed by atoms with van der Waals surface area (Å²) in [4.78, 5) is 12.7. The largest absolute Gasteiger partial charge is 0.463 e. The van der Waals surface area contributed by atoms with Crippen LogP contribution in [0.4, 0.5) is 0 Å². The van der Waals surface area contributed by atoms with Gasteiger partial charge in [-0.05, 0) is 142 Å². The van der Waals surface area contributed by atoms with Gasteiger partial charge in [-0.25, -0.2) is 0 Å². The molecule has 5 aliphatic rings. The number of esters is 1. The Hall–Kier alpha value is -1.51. The molecule has 4 fully saturated rings. The van der Waals surface area contributed by atoms with E-state index in [1.165, 1.54) is 153 Å². The quantitative estimate of drug-likeness (QED) is 0.0350. The van der Waals surface area contributed by atoms with Crippen LogP contribution in [0.3, 0.4) is 0 Å². The summed E-state index contributed by atoms with van der Waals surface area (Å²) < 4.78 is 18.1. The van der Waals surface area contributed by atoms with Crippen molar-refractivity contribution in [3.05, 3.63) is 36.0 Å². The molecule has 0 aromatic heterocycles. The number of fused-ring (bicyclic) bond motifs is 5. The number of aliphatic hydroxyl groups excluding tert-OH is 3. The van der Waals surface area contributed by atoms with Gasteiger partial charge in [-0.2, -0.15) is 0 Å². The molecule has 5 rings (SSSR count). The normalized spacial score (nSPS) is 33.7. The minimum atomic E-state index is -1.45. The second-order valence-electron chi connectivity index (χ2n) is 23.9. The lowest BCUT2D eigenvalue weighted by Gasteiger charge is -2.58. The van der Waals surface area contributed by atoms with Gasteiger partial charge in [-0.1, -0.05) is 187 Å². The van der Waals surface area contributed by atoms with Gasteiger partial charge in [0.2, 0.25) is 0 Å². The summed E-state index contributed by atoms with van der Waals surface area (Å²) in [6.07, 6.45) is 43.7. The maximum atomic E-state index is 12.7. The Kier molecular flexibility index (Phi) is 25.2. The maximum absolute atomic E-state index is 12.7. The Labute approximate surface area is 417 Å². The predicted octanol–water partition coefficient (Wildman–Crippen LogP) is 15.3. The van der Waals surface area contributed by atoms with E-state index >= 15 is 0 Å². The van der Waals surface area contributed by atoms with Crippen LogP contribution in [0, 0.1) is 52.3 Å². The molecule has 0 bridgehead atoms. The van der Waals surface area contributed by atoms with Crippen molar-refractivity contribution in [2.24, 2.45) is 52.3 Å². The molecule has 7 nitrogen and oxygen atoms in total. The van der Waals surface area contributed by atoms with Crippen molar-refractivity contribution in [2.45, 2.75) is 284 Å². The van der Waals surface area contributed by atoms with Gasteiger partial charge in [0, 0.05) is 6.42 Å². The first-order valence-electron chi connectivity index (χ1n) is 29.4. The summed E-state index contributed by atoms with van der Waals surface area (Å²) >= 11 is 0. The van der Waals surface area contributed by atoms with Crippen LogP contribution >= 0.6 is 0 Å². The highest BCUT2D eigenvalue weighted by atomic mass is 16.7. The molecule has 1 heterocycles. The minimum absolute atomic E-state index is 0.150. The fourth-order valence-corrected chi connectivity index (χ4v) is 14.3. The smallest absolute Gasteiger partial charge is 0.305 e. The summed E-state index contributed by atoms with van der Waals surface area (Å²) in [6, 6.07) is 0. The molecule has 0 aromatic rings. The molecular weight excluding hydrogens is 845 g/mol. The molecule has 68 heavy (non-hydrogen) atoms. The Bertz CT molecular complexity index is 1500. The van der Waals surface area contributed by atoms with Crippen molar-refractivity contribution >= 4 is 5.97 Å². The van der Waals surface area contributed by atoms with Crippen LogP contribution in [0.2, 0.25) is 0 Å². The Morgan fingerprint density at radius 2 is 1.32 bits per heavy atom. The van der Waals surface area contributed by atoms with Gasteiger partial charge in [0.15, 0.2) is 6.29 Å². The van der Waals surface area contributed by atoms with Crippen LogP contribution in [0.1, 0.15) is 248 Å². The molecule has 7 heteroatoms. The van der Waals surface area contributed by atoms with E-state index in [2.05, 4.69) is 78.8 Å². The van der Waals surface area contributed by atoms with Gasteiger partial charge >= 0.3 is 5.97 Å². The highest BCUT2D eigenvalue weighted by molar-refractivity contribution is 5.69. The van der Waals surface area contributed by atoms with Gasteiger partial charge in [0.25, 0.3) is 0 Å². The molecule has 1 aliphatic heterocycles. The summed E-state index contributed by atoms with van der Waals surface area (Å²) in [5, 5.41) is 32.7. The number of carbonyl (C=O) groups excluding carboxylic acids is 1. The second kappa shape index (κ2) is 29.9. The topological polar surface area (TPSA) is 105 Å². The van der Waals surface area contributed by atoms with Crippen molar-refractivity contribution in [1.82, 2.24) is 0 Å². The van der Waals surface area contributed by atoms with Gasteiger partial charge in [0.1, 0.15) is 31.0 Å². The molecule has 3 saturated carbocycles.